The Kier molecular flexibility index (Phi) is 7.54. The zero-order valence-corrected chi connectivity index (χ0v) is 10.8. The van der Waals surface area contributed by atoms with Gasteiger partial charge in [0, 0.05) is 16.2 Å². The number of halogens is 2. The van der Waals surface area contributed by atoms with E-state index in [0.717, 1.165) is 18.4 Å². The van der Waals surface area contributed by atoms with Crippen LogP contribution in [0.1, 0.15) is 24.4 Å². The summed E-state index contributed by atoms with van der Waals surface area (Å²) in [5.41, 5.74) is 7.09. The molecule has 1 atom stereocenters. The van der Waals surface area contributed by atoms with Crippen LogP contribution in [0.4, 0.5) is 0 Å². The van der Waals surface area contributed by atoms with Crippen molar-refractivity contribution in [3.63, 3.8) is 0 Å². The van der Waals surface area contributed by atoms with Crippen molar-refractivity contribution in [1.29, 1.82) is 0 Å². The third-order valence-corrected chi connectivity index (χ3v) is 2.62. The van der Waals surface area contributed by atoms with Crippen LogP contribution in [-0.4, -0.2) is 11.7 Å². The number of benzene rings is 1. The first-order chi connectivity index (χ1) is 6.24. The Bertz CT molecular complexity index is 270. The molecule has 0 heterocycles. The van der Waals surface area contributed by atoms with Crippen LogP contribution in [0.25, 0.3) is 0 Å². The second kappa shape index (κ2) is 7.45. The lowest BCUT2D eigenvalue weighted by atomic mass is 10.0. The van der Waals surface area contributed by atoms with Crippen molar-refractivity contribution in [1.82, 2.24) is 0 Å². The van der Waals surface area contributed by atoms with Crippen LogP contribution in [0.2, 0.25) is 0 Å². The molecule has 3 N–H and O–H groups in total. The van der Waals surface area contributed by atoms with Gasteiger partial charge in [0.1, 0.15) is 0 Å². The molecule has 0 aromatic heterocycles. The van der Waals surface area contributed by atoms with Crippen LogP contribution in [-0.2, 0) is 0 Å². The summed E-state index contributed by atoms with van der Waals surface area (Å²) < 4.78 is 1.20. The second-order valence-electron chi connectivity index (χ2n) is 3.03. The highest BCUT2D eigenvalue weighted by Crippen LogP contribution is 2.17. The van der Waals surface area contributed by atoms with E-state index in [1.165, 1.54) is 3.57 Å². The van der Waals surface area contributed by atoms with Gasteiger partial charge in [0.25, 0.3) is 0 Å². The van der Waals surface area contributed by atoms with E-state index in [1.807, 2.05) is 18.2 Å². The van der Waals surface area contributed by atoms with Gasteiger partial charge in [-0.05, 0) is 53.1 Å². The third kappa shape index (κ3) is 4.59. The Morgan fingerprint density at radius 1 is 1.43 bits per heavy atom. The molecular formula is C10H15ClINO. The van der Waals surface area contributed by atoms with Gasteiger partial charge in [-0.3, -0.25) is 0 Å². The van der Waals surface area contributed by atoms with Gasteiger partial charge in [-0.2, -0.15) is 0 Å². The Morgan fingerprint density at radius 3 is 2.71 bits per heavy atom. The van der Waals surface area contributed by atoms with Crippen molar-refractivity contribution in [2.45, 2.75) is 18.9 Å². The van der Waals surface area contributed by atoms with Gasteiger partial charge in [-0.1, -0.05) is 12.1 Å². The molecule has 1 aromatic carbocycles. The molecule has 0 spiro atoms. The van der Waals surface area contributed by atoms with Crippen molar-refractivity contribution < 1.29 is 5.11 Å². The van der Waals surface area contributed by atoms with E-state index in [2.05, 4.69) is 28.7 Å². The summed E-state index contributed by atoms with van der Waals surface area (Å²) in [5.74, 6) is 0. The summed E-state index contributed by atoms with van der Waals surface area (Å²) in [5, 5.41) is 8.66. The predicted molar refractivity (Wildman–Crippen MR) is 69.7 cm³/mol. The van der Waals surface area contributed by atoms with E-state index in [-0.39, 0.29) is 25.1 Å². The van der Waals surface area contributed by atoms with Crippen LogP contribution in [0.5, 0.6) is 0 Å². The van der Waals surface area contributed by atoms with Crippen molar-refractivity contribution in [3.8, 4) is 0 Å². The first-order valence-electron chi connectivity index (χ1n) is 4.36. The largest absolute Gasteiger partial charge is 0.396 e. The topological polar surface area (TPSA) is 46.2 Å². The predicted octanol–water partition coefficient (Wildman–Crippen LogP) is 2.49. The van der Waals surface area contributed by atoms with Gasteiger partial charge in [0.15, 0.2) is 0 Å². The van der Waals surface area contributed by atoms with Crippen molar-refractivity contribution >= 4 is 35.0 Å². The molecule has 14 heavy (non-hydrogen) atoms. The maximum absolute atomic E-state index is 8.66. The second-order valence-corrected chi connectivity index (χ2v) is 4.27. The molecule has 80 valence electrons. The van der Waals surface area contributed by atoms with Gasteiger partial charge < -0.3 is 10.8 Å². The summed E-state index contributed by atoms with van der Waals surface area (Å²) in [6, 6.07) is 8.23. The van der Waals surface area contributed by atoms with E-state index in [4.69, 9.17) is 10.8 Å². The molecule has 0 saturated carbocycles. The van der Waals surface area contributed by atoms with Crippen LogP contribution >= 0.6 is 35.0 Å². The van der Waals surface area contributed by atoms with Crippen LogP contribution in [0.3, 0.4) is 0 Å². The number of aliphatic hydroxyl groups excluding tert-OH is 1. The monoisotopic (exact) mass is 327 g/mol. The van der Waals surface area contributed by atoms with E-state index >= 15 is 0 Å². The van der Waals surface area contributed by atoms with Gasteiger partial charge in [-0.15, -0.1) is 12.4 Å². The standard InChI is InChI=1S/C10H14INO.ClH/c11-9-4-1-3-8(7-9)10(12)5-2-6-13;/h1,3-4,7,10,13H,2,5-6,12H2;1H/t10-;/m1./s1. The quantitative estimate of drug-likeness (QED) is 0.835. The molecule has 1 aromatic rings. The fourth-order valence-electron chi connectivity index (χ4n) is 1.22. The van der Waals surface area contributed by atoms with E-state index < -0.39 is 0 Å². The Balaban J connectivity index is 0.00000169. The number of rotatable bonds is 4. The molecule has 0 amide bonds. The Hall–Kier alpha value is 0.160. The SMILES string of the molecule is Cl.N[C@H](CCCO)c1cccc(I)c1. The zero-order valence-electron chi connectivity index (χ0n) is 7.82. The van der Waals surface area contributed by atoms with E-state index in [9.17, 15) is 0 Å². The normalized spacial score (nSPS) is 11.9. The lowest BCUT2D eigenvalue weighted by Crippen LogP contribution is -2.10. The summed E-state index contributed by atoms with van der Waals surface area (Å²) in [7, 11) is 0. The van der Waals surface area contributed by atoms with Crippen molar-refractivity contribution in [2.75, 3.05) is 6.61 Å². The molecule has 4 heteroatoms. The van der Waals surface area contributed by atoms with Gasteiger partial charge in [0.2, 0.25) is 0 Å². The average molecular weight is 328 g/mol. The number of hydrogen-bond acceptors (Lipinski definition) is 2. The lowest BCUT2D eigenvalue weighted by Gasteiger charge is -2.10. The number of aliphatic hydroxyl groups is 1. The fourth-order valence-corrected chi connectivity index (χ4v) is 1.78. The zero-order chi connectivity index (χ0) is 9.68. The Morgan fingerprint density at radius 2 is 2.14 bits per heavy atom. The lowest BCUT2D eigenvalue weighted by molar-refractivity contribution is 0.280. The summed E-state index contributed by atoms with van der Waals surface area (Å²) in [6.07, 6.45) is 1.61. The van der Waals surface area contributed by atoms with Gasteiger partial charge >= 0.3 is 0 Å². The third-order valence-electron chi connectivity index (χ3n) is 1.95. The van der Waals surface area contributed by atoms with E-state index in [0.29, 0.717) is 0 Å². The maximum atomic E-state index is 8.66. The maximum Gasteiger partial charge on any atom is 0.0431 e. The summed E-state index contributed by atoms with van der Waals surface area (Å²) in [6.45, 7) is 0.220. The molecule has 0 saturated heterocycles. The van der Waals surface area contributed by atoms with Crippen molar-refractivity contribution in [3.05, 3.63) is 33.4 Å². The van der Waals surface area contributed by atoms with Crippen LogP contribution in [0.15, 0.2) is 24.3 Å². The number of nitrogens with two attached hydrogens (primary N) is 1. The van der Waals surface area contributed by atoms with Gasteiger partial charge in [0.05, 0.1) is 0 Å². The molecule has 0 radical (unpaired) electrons. The minimum atomic E-state index is 0. The molecule has 0 aliphatic rings. The van der Waals surface area contributed by atoms with Crippen LogP contribution in [0, 0.1) is 3.57 Å². The molecule has 0 bridgehead atoms. The first kappa shape index (κ1) is 14.2. The average Bonchev–Trinajstić information content (AvgIpc) is 2.14. The molecule has 0 aliphatic heterocycles. The molecule has 1 rings (SSSR count). The molecule has 0 unspecified atom stereocenters. The van der Waals surface area contributed by atoms with E-state index in [1.54, 1.807) is 0 Å². The smallest absolute Gasteiger partial charge is 0.0431 e. The molecule has 0 fully saturated rings. The fraction of sp³-hybridized carbons (Fsp3) is 0.400. The molecule has 2 nitrogen and oxygen atoms in total. The summed E-state index contributed by atoms with van der Waals surface area (Å²) in [4.78, 5) is 0. The highest BCUT2D eigenvalue weighted by molar-refractivity contribution is 14.1. The minimum Gasteiger partial charge on any atom is -0.396 e. The van der Waals surface area contributed by atoms with Crippen molar-refractivity contribution in [2.24, 2.45) is 5.73 Å². The summed E-state index contributed by atoms with van der Waals surface area (Å²) >= 11 is 2.27. The number of hydrogen-bond donors (Lipinski definition) is 2. The van der Waals surface area contributed by atoms with Gasteiger partial charge in [-0.25, -0.2) is 0 Å². The Labute approximate surface area is 104 Å². The molecular weight excluding hydrogens is 312 g/mol. The van der Waals surface area contributed by atoms with Crippen LogP contribution < -0.4 is 5.73 Å². The molecule has 0 aliphatic carbocycles. The first-order valence-corrected chi connectivity index (χ1v) is 5.44. The highest BCUT2D eigenvalue weighted by Gasteiger charge is 2.04. The highest BCUT2D eigenvalue weighted by atomic mass is 127. The minimum absolute atomic E-state index is 0.